The number of rotatable bonds is 3. The lowest BCUT2D eigenvalue weighted by Crippen LogP contribution is -2.49. The van der Waals surface area contributed by atoms with E-state index in [0.29, 0.717) is 10.6 Å². The molecule has 0 unspecified atom stereocenters. The molecule has 2 N–H and O–H groups in total. The van der Waals surface area contributed by atoms with E-state index >= 15 is 0 Å². The highest BCUT2D eigenvalue weighted by molar-refractivity contribution is 7.08. The maximum atomic E-state index is 11.8. The number of aromatic nitrogens is 2. The molecule has 0 saturated heterocycles. The van der Waals surface area contributed by atoms with Crippen molar-refractivity contribution in [2.45, 2.75) is 33.7 Å². The Morgan fingerprint density at radius 2 is 2.00 bits per heavy atom. The average Bonchev–Trinajstić information content (AvgIpc) is 2.58. The van der Waals surface area contributed by atoms with Gasteiger partial charge in [-0.1, -0.05) is 25.3 Å². The molecule has 0 aliphatic rings. The fraction of sp³-hybridized carbons (Fsp3) is 0.600. The highest BCUT2D eigenvalue weighted by Gasteiger charge is 2.33. The standard InChI is InChI=1S/C10H15N3O3S/c1-5-6(17-13-12-5)8(14)11-7(9(15)16)10(2,3)4/h7H,1-4H3,(H,11,14)(H,15,16)/t7-/m1/s1. The van der Waals surface area contributed by atoms with Gasteiger partial charge in [0.2, 0.25) is 0 Å². The Labute approximate surface area is 103 Å². The molecule has 1 aromatic heterocycles. The van der Waals surface area contributed by atoms with Gasteiger partial charge in [0.15, 0.2) is 0 Å². The van der Waals surface area contributed by atoms with Crippen LogP contribution in [0, 0.1) is 12.3 Å². The second-order valence-electron chi connectivity index (χ2n) is 4.80. The minimum absolute atomic E-state index is 0.348. The zero-order chi connectivity index (χ0) is 13.2. The van der Waals surface area contributed by atoms with Crippen molar-refractivity contribution in [1.82, 2.24) is 14.9 Å². The third-order valence-electron chi connectivity index (χ3n) is 2.25. The first-order valence-corrected chi connectivity index (χ1v) is 5.83. The van der Waals surface area contributed by atoms with Crippen LogP contribution in [0.5, 0.6) is 0 Å². The van der Waals surface area contributed by atoms with Crippen LogP contribution in [-0.4, -0.2) is 32.6 Å². The van der Waals surface area contributed by atoms with Crippen LogP contribution in [0.2, 0.25) is 0 Å². The van der Waals surface area contributed by atoms with Crippen molar-refractivity contribution in [3.63, 3.8) is 0 Å². The van der Waals surface area contributed by atoms with Crippen LogP contribution in [-0.2, 0) is 4.79 Å². The summed E-state index contributed by atoms with van der Waals surface area (Å²) in [5, 5.41) is 15.3. The number of hydrogen-bond acceptors (Lipinski definition) is 5. The van der Waals surface area contributed by atoms with E-state index in [1.165, 1.54) is 0 Å². The highest BCUT2D eigenvalue weighted by atomic mass is 32.1. The average molecular weight is 257 g/mol. The Balaban J connectivity index is 2.86. The minimum atomic E-state index is -1.05. The molecule has 0 bridgehead atoms. The number of carboxylic acid groups (broad SMARTS) is 1. The quantitative estimate of drug-likeness (QED) is 0.845. The SMILES string of the molecule is Cc1nnsc1C(=O)N[C@H](C(=O)O)C(C)(C)C. The van der Waals surface area contributed by atoms with Gasteiger partial charge >= 0.3 is 5.97 Å². The van der Waals surface area contributed by atoms with E-state index in [9.17, 15) is 9.59 Å². The molecule has 0 spiro atoms. The molecule has 1 atom stereocenters. The molecule has 0 aromatic carbocycles. The zero-order valence-corrected chi connectivity index (χ0v) is 11.0. The number of carbonyl (C=O) groups is 2. The van der Waals surface area contributed by atoms with E-state index in [-0.39, 0.29) is 0 Å². The summed E-state index contributed by atoms with van der Waals surface area (Å²) >= 11 is 0.956. The van der Waals surface area contributed by atoms with Crippen LogP contribution in [0.15, 0.2) is 0 Å². The van der Waals surface area contributed by atoms with Crippen LogP contribution < -0.4 is 5.32 Å². The molecular weight excluding hydrogens is 242 g/mol. The van der Waals surface area contributed by atoms with Crippen molar-refractivity contribution in [3.8, 4) is 0 Å². The third kappa shape index (κ3) is 3.23. The first kappa shape index (κ1) is 13.6. The van der Waals surface area contributed by atoms with Crippen LogP contribution >= 0.6 is 11.5 Å². The van der Waals surface area contributed by atoms with Gasteiger partial charge in [-0.25, -0.2) is 4.79 Å². The van der Waals surface area contributed by atoms with E-state index in [1.54, 1.807) is 27.7 Å². The van der Waals surface area contributed by atoms with E-state index in [4.69, 9.17) is 5.11 Å². The second kappa shape index (κ2) is 4.79. The van der Waals surface area contributed by atoms with Crippen LogP contribution in [0.3, 0.4) is 0 Å². The fourth-order valence-corrected chi connectivity index (χ4v) is 1.84. The van der Waals surface area contributed by atoms with Crippen molar-refractivity contribution >= 4 is 23.4 Å². The normalized spacial score (nSPS) is 13.2. The summed E-state index contributed by atoms with van der Waals surface area (Å²) in [7, 11) is 0. The predicted molar refractivity (Wildman–Crippen MR) is 63.0 cm³/mol. The summed E-state index contributed by atoms with van der Waals surface area (Å²) in [6.45, 7) is 6.92. The van der Waals surface area contributed by atoms with Gasteiger partial charge in [-0.05, 0) is 23.9 Å². The Kier molecular flexibility index (Phi) is 3.82. The Hall–Kier alpha value is -1.50. The molecule has 1 heterocycles. The van der Waals surface area contributed by atoms with Crippen molar-refractivity contribution in [2.75, 3.05) is 0 Å². The van der Waals surface area contributed by atoms with E-state index < -0.39 is 23.3 Å². The van der Waals surface area contributed by atoms with Gasteiger partial charge in [0.05, 0.1) is 5.69 Å². The number of aliphatic carboxylic acids is 1. The van der Waals surface area contributed by atoms with Crippen molar-refractivity contribution < 1.29 is 14.7 Å². The smallest absolute Gasteiger partial charge is 0.326 e. The van der Waals surface area contributed by atoms with E-state index in [1.807, 2.05) is 0 Å². The summed E-state index contributed by atoms with van der Waals surface area (Å²) in [4.78, 5) is 23.3. The summed E-state index contributed by atoms with van der Waals surface area (Å²) in [6.07, 6.45) is 0. The first-order valence-electron chi connectivity index (χ1n) is 5.06. The maximum absolute atomic E-state index is 11.8. The van der Waals surface area contributed by atoms with Gasteiger partial charge in [0.25, 0.3) is 5.91 Å². The van der Waals surface area contributed by atoms with Crippen LogP contribution in [0.25, 0.3) is 0 Å². The number of hydrogen-bond donors (Lipinski definition) is 2. The summed E-state index contributed by atoms with van der Waals surface area (Å²) in [5.41, 5.74) is -0.0569. The molecule has 0 saturated carbocycles. The van der Waals surface area contributed by atoms with Gasteiger partial charge in [-0.2, -0.15) is 0 Å². The lowest BCUT2D eigenvalue weighted by molar-refractivity contribution is -0.142. The number of aryl methyl sites for hydroxylation is 1. The topological polar surface area (TPSA) is 92.2 Å². The Morgan fingerprint density at radius 3 is 2.35 bits per heavy atom. The van der Waals surface area contributed by atoms with Gasteiger partial charge in [0, 0.05) is 0 Å². The predicted octanol–water partition coefficient (Wildman–Crippen LogP) is 1.08. The number of carboxylic acids is 1. The molecule has 94 valence electrons. The Morgan fingerprint density at radius 1 is 1.41 bits per heavy atom. The molecule has 0 aliphatic carbocycles. The lowest BCUT2D eigenvalue weighted by Gasteiger charge is -2.27. The van der Waals surface area contributed by atoms with E-state index in [2.05, 4.69) is 14.9 Å². The number of amides is 1. The van der Waals surface area contributed by atoms with Crippen molar-refractivity contribution in [2.24, 2.45) is 5.41 Å². The monoisotopic (exact) mass is 257 g/mol. The van der Waals surface area contributed by atoms with E-state index in [0.717, 1.165) is 11.5 Å². The highest BCUT2D eigenvalue weighted by Crippen LogP contribution is 2.20. The molecule has 7 heteroatoms. The molecule has 1 aromatic rings. The molecule has 1 amide bonds. The molecule has 0 aliphatic heterocycles. The summed E-state index contributed by atoms with van der Waals surface area (Å²) < 4.78 is 3.64. The third-order valence-corrected chi connectivity index (χ3v) is 3.07. The molecule has 0 radical (unpaired) electrons. The number of nitrogens with zero attached hydrogens (tertiary/aromatic N) is 2. The lowest BCUT2D eigenvalue weighted by atomic mass is 9.87. The van der Waals surface area contributed by atoms with Crippen molar-refractivity contribution in [3.05, 3.63) is 10.6 Å². The largest absolute Gasteiger partial charge is 0.480 e. The van der Waals surface area contributed by atoms with Crippen molar-refractivity contribution in [1.29, 1.82) is 0 Å². The minimum Gasteiger partial charge on any atom is -0.480 e. The molecule has 6 nitrogen and oxygen atoms in total. The van der Waals surface area contributed by atoms with Gasteiger partial charge < -0.3 is 10.4 Å². The number of nitrogens with one attached hydrogen (secondary N) is 1. The first-order chi connectivity index (χ1) is 7.73. The number of carbonyl (C=O) groups excluding carboxylic acids is 1. The fourth-order valence-electron chi connectivity index (χ4n) is 1.29. The van der Waals surface area contributed by atoms with Gasteiger partial charge in [0.1, 0.15) is 10.9 Å². The van der Waals surface area contributed by atoms with Crippen LogP contribution in [0.1, 0.15) is 36.1 Å². The Bertz CT molecular complexity index is 436. The summed E-state index contributed by atoms with van der Waals surface area (Å²) in [6, 6.07) is -0.948. The van der Waals surface area contributed by atoms with Gasteiger partial charge in [-0.15, -0.1) is 5.10 Å². The summed E-state index contributed by atoms with van der Waals surface area (Å²) in [5.74, 6) is -1.50. The second-order valence-corrected chi connectivity index (χ2v) is 5.55. The molecule has 0 fully saturated rings. The maximum Gasteiger partial charge on any atom is 0.326 e. The molecular formula is C10H15N3O3S. The molecule has 17 heavy (non-hydrogen) atoms. The molecule has 1 rings (SSSR count). The zero-order valence-electron chi connectivity index (χ0n) is 10.1. The van der Waals surface area contributed by atoms with Gasteiger partial charge in [-0.3, -0.25) is 4.79 Å². The van der Waals surface area contributed by atoms with Crippen LogP contribution in [0.4, 0.5) is 0 Å².